The van der Waals surface area contributed by atoms with Crippen LogP contribution in [0, 0.1) is 0 Å². The van der Waals surface area contributed by atoms with Crippen LogP contribution in [0.15, 0.2) is 24.3 Å². The van der Waals surface area contributed by atoms with Crippen molar-refractivity contribution in [1.29, 1.82) is 0 Å². The summed E-state index contributed by atoms with van der Waals surface area (Å²) in [7, 11) is 2.13. The first-order chi connectivity index (χ1) is 8.65. The van der Waals surface area contributed by atoms with Gasteiger partial charge in [0.05, 0.1) is 5.56 Å². The second-order valence-corrected chi connectivity index (χ2v) is 4.63. The molecule has 2 rings (SSSR count). The van der Waals surface area contributed by atoms with Gasteiger partial charge in [0.25, 0.3) is 0 Å². The van der Waals surface area contributed by atoms with Gasteiger partial charge < -0.3 is 10.0 Å². The monoisotopic (exact) mass is 249 g/mol. The summed E-state index contributed by atoms with van der Waals surface area (Å²) in [5, 5.41) is 11.0. The maximum atomic E-state index is 10.7. The number of nitrogens with zero attached hydrogens (tertiary/aromatic N) is 2. The lowest BCUT2D eigenvalue weighted by Crippen LogP contribution is -2.50. The largest absolute Gasteiger partial charge is 0.478 e. The van der Waals surface area contributed by atoms with E-state index in [1.54, 1.807) is 12.1 Å². The number of aromatic carboxylic acids is 1. The molecule has 1 aromatic carbocycles. The maximum absolute atomic E-state index is 10.7. The quantitative estimate of drug-likeness (QED) is 0.820. The molecule has 0 bridgehead atoms. The van der Waals surface area contributed by atoms with E-state index in [0.717, 1.165) is 38.3 Å². The minimum Gasteiger partial charge on any atom is -0.478 e. The average Bonchev–Trinajstić information content (AvgIpc) is 2.38. The predicted octanol–water partition coefficient (Wildman–Crippen LogP) is 0.637. The second-order valence-electron chi connectivity index (χ2n) is 4.63. The van der Waals surface area contributed by atoms with Crippen molar-refractivity contribution in [2.24, 2.45) is 0 Å². The average molecular weight is 249 g/mol. The highest BCUT2D eigenvalue weighted by Crippen LogP contribution is 2.05. The molecule has 0 saturated carbocycles. The van der Waals surface area contributed by atoms with Gasteiger partial charge in [0, 0.05) is 32.7 Å². The standard InChI is InChI=1S/C13H19N3O2/c1-15-6-8-16(9-7-15)14-10-11-2-4-12(5-3-11)13(17)18/h2-5,14H,6-10H2,1H3,(H,17,18). The van der Waals surface area contributed by atoms with Gasteiger partial charge in [-0.05, 0) is 24.7 Å². The Hall–Kier alpha value is -1.43. The number of carboxylic acids is 1. The van der Waals surface area contributed by atoms with E-state index >= 15 is 0 Å². The van der Waals surface area contributed by atoms with Crippen LogP contribution in [0.5, 0.6) is 0 Å². The van der Waals surface area contributed by atoms with Crippen molar-refractivity contribution in [2.75, 3.05) is 33.2 Å². The highest BCUT2D eigenvalue weighted by Gasteiger charge is 2.12. The van der Waals surface area contributed by atoms with Gasteiger partial charge in [-0.1, -0.05) is 12.1 Å². The topological polar surface area (TPSA) is 55.8 Å². The van der Waals surface area contributed by atoms with E-state index in [2.05, 4.69) is 22.4 Å². The van der Waals surface area contributed by atoms with Crippen molar-refractivity contribution in [3.8, 4) is 0 Å². The first kappa shape index (κ1) is 13.0. The van der Waals surface area contributed by atoms with Gasteiger partial charge in [-0.25, -0.2) is 9.80 Å². The van der Waals surface area contributed by atoms with Crippen molar-refractivity contribution in [2.45, 2.75) is 6.54 Å². The minimum absolute atomic E-state index is 0.332. The number of nitrogens with one attached hydrogen (secondary N) is 1. The molecule has 0 aromatic heterocycles. The fraction of sp³-hybridized carbons (Fsp3) is 0.462. The molecule has 98 valence electrons. The van der Waals surface area contributed by atoms with Crippen molar-refractivity contribution < 1.29 is 9.90 Å². The molecule has 5 heteroatoms. The molecule has 0 spiro atoms. The smallest absolute Gasteiger partial charge is 0.335 e. The molecule has 0 aliphatic carbocycles. The molecule has 1 aliphatic heterocycles. The Morgan fingerprint density at radius 2 is 1.83 bits per heavy atom. The first-order valence-corrected chi connectivity index (χ1v) is 6.14. The molecular formula is C13H19N3O2. The third kappa shape index (κ3) is 3.53. The zero-order valence-corrected chi connectivity index (χ0v) is 10.6. The van der Waals surface area contributed by atoms with E-state index in [-0.39, 0.29) is 0 Å². The summed E-state index contributed by atoms with van der Waals surface area (Å²) >= 11 is 0. The lowest BCUT2D eigenvalue weighted by molar-refractivity contribution is 0.0697. The highest BCUT2D eigenvalue weighted by atomic mass is 16.4. The lowest BCUT2D eigenvalue weighted by atomic mass is 10.1. The number of carboxylic acid groups (broad SMARTS) is 1. The second kappa shape index (κ2) is 5.95. The van der Waals surface area contributed by atoms with Crippen LogP contribution in [-0.4, -0.2) is 54.2 Å². The lowest BCUT2D eigenvalue weighted by Gasteiger charge is -2.32. The van der Waals surface area contributed by atoms with Crippen LogP contribution in [0.1, 0.15) is 15.9 Å². The summed E-state index contributed by atoms with van der Waals surface area (Å²) in [5.41, 5.74) is 4.79. The Kier molecular flexibility index (Phi) is 4.30. The fourth-order valence-corrected chi connectivity index (χ4v) is 1.93. The Balaban J connectivity index is 1.81. The number of hydrazine groups is 1. The Morgan fingerprint density at radius 3 is 2.39 bits per heavy atom. The molecule has 0 atom stereocenters. The number of benzene rings is 1. The number of carbonyl (C=O) groups is 1. The van der Waals surface area contributed by atoms with Crippen LogP contribution in [0.2, 0.25) is 0 Å². The van der Waals surface area contributed by atoms with Gasteiger partial charge in [-0.3, -0.25) is 5.43 Å². The molecule has 2 N–H and O–H groups in total. The summed E-state index contributed by atoms with van der Waals surface area (Å²) in [5.74, 6) is -0.881. The zero-order chi connectivity index (χ0) is 13.0. The third-order valence-electron chi connectivity index (χ3n) is 3.21. The summed E-state index contributed by atoms with van der Waals surface area (Å²) in [6, 6.07) is 6.99. The number of likely N-dealkylation sites (N-methyl/N-ethyl adjacent to an activating group) is 1. The number of hydrogen-bond donors (Lipinski definition) is 2. The van der Waals surface area contributed by atoms with Crippen molar-refractivity contribution in [1.82, 2.24) is 15.3 Å². The first-order valence-electron chi connectivity index (χ1n) is 6.14. The number of piperazine rings is 1. The van der Waals surface area contributed by atoms with E-state index < -0.39 is 5.97 Å². The van der Waals surface area contributed by atoms with Gasteiger partial charge in [-0.15, -0.1) is 0 Å². The SMILES string of the molecule is CN1CCN(NCc2ccc(C(=O)O)cc2)CC1. The molecular weight excluding hydrogens is 230 g/mol. The third-order valence-corrected chi connectivity index (χ3v) is 3.21. The Morgan fingerprint density at radius 1 is 1.22 bits per heavy atom. The van der Waals surface area contributed by atoms with Gasteiger partial charge in [0.1, 0.15) is 0 Å². The molecule has 5 nitrogen and oxygen atoms in total. The number of rotatable bonds is 4. The van der Waals surface area contributed by atoms with Gasteiger partial charge >= 0.3 is 5.97 Å². The van der Waals surface area contributed by atoms with Crippen LogP contribution < -0.4 is 5.43 Å². The van der Waals surface area contributed by atoms with E-state index in [1.165, 1.54) is 0 Å². The van der Waals surface area contributed by atoms with Crippen LogP contribution in [0.3, 0.4) is 0 Å². The summed E-state index contributed by atoms with van der Waals surface area (Å²) in [6.45, 7) is 4.92. The van der Waals surface area contributed by atoms with Crippen molar-refractivity contribution >= 4 is 5.97 Å². The summed E-state index contributed by atoms with van der Waals surface area (Å²) < 4.78 is 0. The molecule has 0 radical (unpaired) electrons. The maximum Gasteiger partial charge on any atom is 0.335 e. The molecule has 0 amide bonds. The Labute approximate surface area is 107 Å². The van der Waals surface area contributed by atoms with Crippen molar-refractivity contribution in [3.63, 3.8) is 0 Å². The van der Waals surface area contributed by atoms with E-state index in [0.29, 0.717) is 5.56 Å². The van der Waals surface area contributed by atoms with E-state index in [1.807, 2.05) is 12.1 Å². The highest BCUT2D eigenvalue weighted by molar-refractivity contribution is 5.87. The molecule has 18 heavy (non-hydrogen) atoms. The molecule has 0 unspecified atom stereocenters. The van der Waals surface area contributed by atoms with Gasteiger partial charge in [0.15, 0.2) is 0 Å². The summed E-state index contributed by atoms with van der Waals surface area (Å²) in [4.78, 5) is 13.0. The normalized spacial score (nSPS) is 17.8. The van der Waals surface area contributed by atoms with E-state index in [4.69, 9.17) is 5.11 Å². The van der Waals surface area contributed by atoms with Crippen LogP contribution in [-0.2, 0) is 6.54 Å². The van der Waals surface area contributed by atoms with Crippen LogP contribution in [0.25, 0.3) is 0 Å². The molecule has 1 aromatic rings. The minimum atomic E-state index is -0.881. The van der Waals surface area contributed by atoms with Gasteiger partial charge in [-0.2, -0.15) is 0 Å². The molecule has 1 saturated heterocycles. The molecule has 1 heterocycles. The molecule has 1 fully saturated rings. The predicted molar refractivity (Wildman–Crippen MR) is 69.3 cm³/mol. The summed E-state index contributed by atoms with van der Waals surface area (Å²) in [6.07, 6.45) is 0. The van der Waals surface area contributed by atoms with Crippen LogP contribution in [0.4, 0.5) is 0 Å². The Bertz CT molecular complexity index is 397. The number of hydrogen-bond acceptors (Lipinski definition) is 4. The fourth-order valence-electron chi connectivity index (χ4n) is 1.93. The van der Waals surface area contributed by atoms with Gasteiger partial charge in [0.2, 0.25) is 0 Å². The van der Waals surface area contributed by atoms with Crippen molar-refractivity contribution in [3.05, 3.63) is 35.4 Å². The molecule has 1 aliphatic rings. The zero-order valence-electron chi connectivity index (χ0n) is 10.6. The van der Waals surface area contributed by atoms with Crippen LogP contribution >= 0.6 is 0 Å². The van der Waals surface area contributed by atoms with E-state index in [9.17, 15) is 4.79 Å².